The first-order valence-corrected chi connectivity index (χ1v) is 7.24. The number of aryl methyl sites for hydroxylation is 1. The lowest BCUT2D eigenvalue weighted by atomic mass is 9.97. The zero-order chi connectivity index (χ0) is 15.4. The highest BCUT2D eigenvalue weighted by atomic mass is 35.5. The van der Waals surface area contributed by atoms with Gasteiger partial charge >= 0.3 is 5.97 Å². The van der Waals surface area contributed by atoms with E-state index in [-0.39, 0.29) is 18.4 Å². The average molecular weight is 312 g/mol. The van der Waals surface area contributed by atoms with E-state index in [9.17, 15) is 9.59 Å². The van der Waals surface area contributed by atoms with Crippen LogP contribution in [0.3, 0.4) is 0 Å². The van der Waals surface area contributed by atoms with E-state index < -0.39 is 5.97 Å². The molecule has 1 aliphatic rings. The van der Waals surface area contributed by atoms with Crippen molar-refractivity contribution in [3.63, 3.8) is 0 Å². The number of carbonyl (C=O) groups excluding carboxylic acids is 1. The van der Waals surface area contributed by atoms with Crippen LogP contribution in [0.1, 0.15) is 18.4 Å². The molecule has 1 saturated heterocycles. The van der Waals surface area contributed by atoms with Gasteiger partial charge in [0.15, 0.2) is 6.61 Å². The zero-order valence-electron chi connectivity index (χ0n) is 11.8. The van der Waals surface area contributed by atoms with Gasteiger partial charge in [-0.25, -0.2) is 0 Å². The van der Waals surface area contributed by atoms with E-state index in [2.05, 4.69) is 0 Å². The molecule has 0 atom stereocenters. The molecule has 0 saturated carbocycles. The predicted molar refractivity (Wildman–Crippen MR) is 78.6 cm³/mol. The number of likely N-dealkylation sites (tertiary alicyclic amines) is 1. The number of carboxylic acid groups (broad SMARTS) is 1. The van der Waals surface area contributed by atoms with Gasteiger partial charge in [-0.2, -0.15) is 0 Å². The Morgan fingerprint density at radius 3 is 2.62 bits per heavy atom. The number of benzene rings is 1. The Bertz CT molecular complexity index is 538. The van der Waals surface area contributed by atoms with Crippen LogP contribution in [0.25, 0.3) is 0 Å². The van der Waals surface area contributed by atoms with E-state index in [0.29, 0.717) is 36.7 Å². The first kappa shape index (κ1) is 15.6. The monoisotopic (exact) mass is 311 g/mol. The van der Waals surface area contributed by atoms with Crippen LogP contribution in [0.5, 0.6) is 5.75 Å². The molecule has 1 heterocycles. The van der Waals surface area contributed by atoms with Gasteiger partial charge in [0.1, 0.15) is 5.75 Å². The number of halogens is 1. The van der Waals surface area contributed by atoms with E-state index >= 15 is 0 Å². The Hall–Kier alpha value is -1.75. The Morgan fingerprint density at radius 1 is 1.38 bits per heavy atom. The molecule has 1 N–H and O–H groups in total. The highest BCUT2D eigenvalue weighted by Crippen LogP contribution is 2.22. The van der Waals surface area contributed by atoms with Crippen molar-refractivity contribution in [1.82, 2.24) is 4.90 Å². The molecule has 2 rings (SSSR count). The molecule has 0 aliphatic carbocycles. The van der Waals surface area contributed by atoms with Crippen LogP contribution in [0.2, 0.25) is 5.02 Å². The van der Waals surface area contributed by atoms with Crippen molar-refractivity contribution in [2.75, 3.05) is 19.7 Å². The fourth-order valence-corrected chi connectivity index (χ4v) is 2.61. The van der Waals surface area contributed by atoms with E-state index in [1.807, 2.05) is 6.92 Å². The van der Waals surface area contributed by atoms with Crippen molar-refractivity contribution >= 4 is 23.5 Å². The summed E-state index contributed by atoms with van der Waals surface area (Å²) in [4.78, 5) is 24.6. The normalized spacial score (nSPS) is 15.8. The summed E-state index contributed by atoms with van der Waals surface area (Å²) in [5, 5.41) is 9.56. The van der Waals surface area contributed by atoms with E-state index in [1.54, 1.807) is 23.1 Å². The zero-order valence-corrected chi connectivity index (χ0v) is 12.6. The van der Waals surface area contributed by atoms with Crippen LogP contribution in [0.4, 0.5) is 0 Å². The minimum absolute atomic E-state index is 0.0415. The van der Waals surface area contributed by atoms with Crippen LogP contribution < -0.4 is 4.74 Å². The molecule has 0 radical (unpaired) electrons. The van der Waals surface area contributed by atoms with Gasteiger partial charge in [0.05, 0.1) is 5.92 Å². The summed E-state index contributed by atoms with van der Waals surface area (Å²) in [6.07, 6.45) is 1.00. The maximum Gasteiger partial charge on any atom is 0.306 e. The number of nitrogens with zero attached hydrogens (tertiary/aromatic N) is 1. The Labute approximate surface area is 128 Å². The number of piperidine rings is 1. The van der Waals surface area contributed by atoms with Gasteiger partial charge in [-0.3, -0.25) is 9.59 Å². The lowest BCUT2D eigenvalue weighted by Gasteiger charge is -2.30. The molecule has 1 amide bonds. The van der Waals surface area contributed by atoms with Crippen LogP contribution in [0.15, 0.2) is 18.2 Å². The summed E-state index contributed by atoms with van der Waals surface area (Å²) in [7, 11) is 0. The third-order valence-corrected chi connectivity index (χ3v) is 3.92. The first-order chi connectivity index (χ1) is 9.97. The summed E-state index contributed by atoms with van der Waals surface area (Å²) in [5.41, 5.74) is 0.875. The average Bonchev–Trinajstić information content (AvgIpc) is 2.46. The van der Waals surface area contributed by atoms with Crippen molar-refractivity contribution in [2.24, 2.45) is 5.92 Å². The van der Waals surface area contributed by atoms with Crippen molar-refractivity contribution in [2.45, 2.75) is 19.8 Å². The van der Waals surface area contributed by atoms with Gasteiger partial charge in [0, 0.05) is 18.1 Å². The molecular weight excluding hydrogens is 294 g/mol. The molecular formula is C15H18ClNO4. The quantitative estimate of drug-likeness (QED) is 0.927. The number of aliphatic carboxylic acids is 1. The molecule has 6 heteroatoms. The number of ether oxygens (including phenoxy) is 1. The van der Waals surface area contributed by atoms with Crippen molar-refractivity contribution in [1.29, 1.82) is 0 Å². The van der Waals surface area contributed by atoms with Gasteiger partial charge in [0.25, 0.3) is 5.91 Å². The van der Waals surface area contributed by atoms with Gasteiger partial charge in [0.2, 0.25) is 0 Å². The van der Waals surface area contributed by atoms with Gasteiger partial charge in [-0.15, -0.1) is 0 Å². The van der Waals surface area contributed by atoms with Crippen molar-refractivity contribution in [3.05, 3.63) is 28.8 Å². The third-order valence-electron chi connectivity index (χ3n) is 3.69. The SMILES string of the molecule is Cc1cc(Cl)ccc1OCC(=O)N1CCC(C(=O)O)CC1. The van der Waals surface area contributed by atoms with Crippen LogP contribution >= 0.6 is 11.6 Å². The molecule has 21 heavy (non-hydrogen) atoms. The van der Waals surface area contributed by atoms with Gasteiger partial charge in [-0.05, 0) is 43.5 Å². The summed E-state index contributed by atoms with van der Waals surface area (Å²) in [6.45, 7) is 2.77. The molecule has 0 bridgehead atoms. The fourth-order valence-electron chi connectivity index (χ4n) is 2.38. The maximum atomic E-state index is 12.1. The van der Waals surface area contributed by atoms with E-state index in [0.717, 1.165) is 5.56 Å². The number of carboxylic acids is 1. The first-order valence-electron chi connectivity index (χ1n) is 6.87. The minimum Gasteiger partial charge on any atom is -0.483 e. The van der Waals surface area contributed by atoms with Gasteiger partial charge < -0.3 is 14.7 Å². The van der Waals surface area contributed by atoms with E-state index in [1.165, 1.54) is 0 Å². The highest BCUT2D eigenvalue weighted by molar-refractivity contribution is 6.30. The van der Waals surface area contributed by atoms with Crippen LogP contribution in [-0.4, -0.2) is 41.6 Å². The van der Waals surface area contributed by atoms with Crippen LogP contribution in [0, 0.1) is 12.8 Å². The predicted octanol–water partition coefficient (Wildman–Crippen LogP) is 2.35. The Kier molecular flexibility index (Phi) is 5.07. The summed E-state index contributed by atoms with van der Waals surface area (Å²) < 4.78 is 5.51. The van der Waals surface area contributed by atoms with Gasteiger partial charge in [-0.1, -0.05) is 11.6 Å². The summed E-state index contributed by atoms with van der Waals surface area (Å²) in [5.74, 6) is -0.607. The minimum atomic E-state index is -0.782. The summed E-state index contributed by atoms with van der Waals surface area (Å²) in [6, 6.07) is 5.23. The second-order valence-corrected chi connectivity index (χ2v) is 5.63. The lowest BCUT2D eigenvalue weighted by molar-refractivity contribution is -0.146. The van der Waals surface area contributed by atoms with E-state index in [4.69, 9.17) is 21.4 Å². The molecule has 1 aromatic carbocycles. The van der Waals surface area contributed by atoms with Crippen molar-refractivity contribution < 1.29 is 19.4 Å². The molecule has 5 nitrogen and oxygen atoms in total. The second kappa shape index (κ2) is 6.80. The smallest absolute Gasteiger partial charge is 0.306 e. The molecule has 0 spiro atoms. The highest BCUT2D eigenvalue weighted by Gasteiger charge is 2.27. The van der Waals surface area contributed by atoms with Crippen molar-refractivity contribution in [3.8, 4) is 5.75 Å². The molecule has 1 fully saturated rings. The number of hydrogen-bond acceptors (Lipinski definition) is 3. The fraction of sp³-hybridized carbons (Fsp3) is 0.467. The lowest BCUT2D eigenvalue weighted by Crippen LogP contribution is -2.42. The number of rotatable bonds is 4. The summed E-state index contributed by atoms with van der Waals surface area (Å²) >= 11 is 5.86. The molecule has 1 aliphatic heterocycles. The largest absolute Gasteiger partial charge is 0.483 e. The van der Waals surface area contributed by atoms with Crippen LogP contribution in [-0.2, 0) is 9.59 Å². The third kappa shape index (κ3) is 4.11. The maximum absolute atomic E-state index is 12.1. The number of carbonyl (C=O) groups is 2. The Morgan fingerprint density at radius 2 is 2.05 bits per heavy atom. The standard InChI is InChI=1S/C15H18ClNO4/c1-10-8-12(16)2-3-13(10)21-9-14(18)17-6-4-11(5-7-17)15(19)20/h2-3,8,11H,4-7,9H2,1H3,(H,19,20). The second-order valence-electron chi connectivity index (χ2n) is 5.19. The topological polar surface area (TPSA) is 66.8 Å². The molecule has 114 valence electrons. The Balaban J connectivity index is 1.84. The number of amides is 1. The molecule has 0 unspecified atom stereocenters. The number of hydrogen-bond donors (Lipinski definition) is 1. The molecule has 1 aromatic rings. The molecule has 0 aromatic heterocycles.